The van der Waals surface area contributed by atoms with Crippen molar-refractivity contribution in [1.29, 1.82) is 0 Å². The van der Waals surface area contributed by atoms with Gasteiger partial charge in [-0.15, -0.1) is 0 Å². The maximum absolute atomic E-state index is 13.2. The summed E-state index contributed by atoms with van der Waals surface area (Å²) in [6, 6.07) is 1.80. The molecular weight excluding hydrogens is 278 g/mol. The lowest BCUT2D eigenvalue weighted by atomic mass is 10.1. The van der Waals surface area contributed by atoms with E-state index in [9.17, 15) is 22.4 Å². The number of alkyl halides is 3. The highest BCUT2D eigenvalue weighted by Gasteiger charge is 2.36. The van der Waals surface area contributed by atoms with Gasteiger partial charge < -0.3 is 10.0 Å². The minimum atomic E-state index is -4.85. The molecule has 1 heterocycles. The zero-order chi connectivity index (χ0) is 14.9. The molecule has 0 aliphatic carbocycles. The number of aliphatic hydroxyl groups is 1. The monoisotopic (exact) mass is 291 g/mol. The van der Waals surface area contributed by atoms with Gasteiger partial charge in [-0.1, -0.05) is 0 Å². The molecule has 110 valence electrons. The van der Waals surface area contributed by atoms with Crippen LogP contribution in [0, 0.1) is 5.82 Å². The number of nitrogens with zero attached hydrogens (tertiary/aromatic N) is 1. The van der Waals surface area contributed by atoms with Crippen LogP contribution in [0.15, 0.2) is 18.2 Å². The molecule has 0 bridgehead atoms. The molecule has 1 atom stereocenters. The number of aliphatic hydroxyl groups excluding tert-OH is 1. The first kappa shape index (κ1) is 14.8. The molecular formula is C13H13F4NO2. The Labute approximate surface area is 112 Å². The molecule has 20 heavy (non-hydrogen) atoms. The van der Waals surface area contributed by atoms with Crippen LogP contribution >= 0.6 is 0 Å². The third-order valence-corrected chi connectivity index (χ3v) is 3.37. The van der Waals surface area contributed by atoms with Gasteiger partial charge in [-0.2, -0.15) is 13.2 Å². The Kier molecular flexibility index (Phi) is 3.99. The average Bonchev–Trinajstić information content (AvgIpc) is 2.85. The molecule has 1 aromatic rings. The fraction of sp³-hybridized carbons (Fsp3) is 0.462. The fourth-order valence-corrected chi connectivity index (χ4v) is 2.33. The second-order valence-corrected chi connectivity index (χ2v) is 4.67. The maximum Gasteiger partial charge on any atom is 0.419 e. The summed E-state index contributed by atoms with van der Waals surface area (Å²) in [7, 11) is 0. The summed E-state index contributed by atoms with van der Waals surface area (Å²) in [4.78, 5) is 13.5. The maximum atomic E-state index is 13.2. The number of benzene rings is 1. The van der Waals surface area contributed by atoms with Crippen LogP contribution < -0.4 is 0 Å². The topological polar surface area (TPSA) is 40.5 Å². The van der Waals surface area contributed by atoms with Crippen LogP contribution in [-0.2, 0) is 6.18 Å². The van der Waals surface area contributed by atoms with E-state index in [-0.39, 0.29) is 18.2 Å². The first-order valence-electron chi connectivity index (χ1n) is 6.13. The number of amides is 1. The summed E-state index contributed by atoms with van der Waals surface area (Å²) in [5, 5.41) is 9.13. The number of carbonyl (C=O) groups is 1. The number of rotatable bonds is 2. The lowest BCUT2D eigenvalue weighted by Crippen LogP contribution is -2.37. The zero-order valence-electron chi connectivity index (χ0n) is 10.5. The van der Waals surface area contributed by atoms with E-state index in [1.807, 2.05) is 0 Å². The molecule has 1 amide bonds. The van der Waals surface area contributed by atoms with Gasteiger partial charge in [0, 0.05) is 12.1 Å². The highest BCUT2D eigenvalue weighted by molar-refractivity contribution is 5.94. The van der Waals surface area contributed by atoms with Gasteiger partial charge in [-0.3, -0.25) is 4.79 Å². The lowest BCUT2D eigenvalue weighted by molar-refractivity contribution is -0.140. The molecule has 1 N–H and O–H groups in total. The summed E-state index contributed by atoms with van der Waals surface area (Å²) < 4.78 is 51.0. The van der Waals surface area contributed by atoms with E-state index in [0.717, 1.165) is 6.07 Å². The molecule has 0 radical (unpaired) electrons. The van der Waals surface area contributed by atoms with Crippen LogP contribution in [0.5, 0.6) is 0 Å². The summed E-state index contributed by atoms with van der Waals surface area (Å²) in [6.45, 7) is 0.141. The summed E-state index contributed by atoms with van der Waals surface area (Å²) in [5.41, 5.74) is -1.68. The first-order valence-corrected chi connectivity index (χ1v) is 6.13. The summed E-state index contributed by atoms with van der Waals surface area (Å²) in [6.07, 6.45) is -3.55. The second-order valence-electron chi connectivity index (χ2n) is 4.67. The van der Waals surface area contributed by atoms with Crippen molar-refractivity contribution >= 4 is 5.91 Å². The van der Waals surface area contributed by atoms with Crippen LogP contribution in [0.25, 0.3) is 0 Å². The second kappa shape index (κ2) is 5.40. The van der Waals surface area contributed by atoms with Gasteiger partial charge >= 0.3 is 6.18 Å². The molecule has 1 aromatic carbocycles. The largest absolute Gasteiger partial charge is 0.419 e. The highest BCUT2D eigenvalue weighted by atomic mass is 19.4. The van der Waals surface area contributed by atoms with Gasteiger partial charge in [0.1, 0.15) is 5.82 Å². The zero-order valence-corrected chi connectivity index (χ0v) is 10.5. The Balaban J connectivity index is 2.31. The first-order chi connectivity index (χ1) is 9.34. The third-order valence-electron chi connectivity index (χ3n) is 3.37. The van der Waals surface area contributed by atoms with Crippen LogP contribution in [0.1, 0.15) is 28.8 Å². The van der Waals surface area contributed by atoms with Gasteiger partial charge in [-0.25, -0.2) is 4.39 Å². The molecule has 1 aliphatic heterocycles. The van der Waals surface area contributed by atoms with Gasteiger partial charge in [-0.05, 0) is 31.0 Å². The van der Waals surface area contributed by atoms with E-state index in [2.05, 4.69) is 0 Å². The van der Waals surface area contributed by atoms with Crippen molar-refractivity contribution in [3.63, 3.8) is 0 Å². The van der Waals surface area contributed by atoms with Crippen LogP contribution in [0.4, 0.5) is 17.6 Å². The normalized spacial score (nSPS) is 19.4. The molecule has 7 heteroatoms. The van der Waals surface area contributed by atoms with Gasteiger partial charge in [0.15, 0.2) is 0 Å². The predicted molar refractivity (Wildman–Crippen MR) is 62.5 cm³/mol. The lowest BCUT2D eigenvalue weighted by Gasteiger charge is -2.23. The molecule has 0 aromatic heterocycles. The molecule has 3 nitrogen and oxygen atoms in total. The van der Waals surface area contributed by atoms with Crippen molar-refractivity contribution in [3.05, 3.63) is 35.1 Å². The predicted octanol–water partition coefficient (Wildman–Crippen LogP) is 2.44. The van der Waals surface area contributed by atoms with Gasteiger partial charge in [0.2, 0.25) is 0 Å². The van der Waals surface area contributed by atoms with Crippen LogP contribution in [0.2, 0.25) is 0 Å². The molecule has 1 fully saturated rings. The molecule has 0 unspecified atom stereocenters. The Hall–Kier alpha value is -1.63. The number of halogens is 4. The van der Waals surface area contributed by atoms with E-state index in [0.29, 0.717) is 31.5 Å². The Morgan fingerprint density at radius 1 is 1.40 bits per heavy atom. The van der Waals surface area contributed by atoms with Crippen molar-refractivity contribution < 1.29 is 27.5 Å². The Morgan fingerprint density at radius 2 is 2.10 bits per heavy atom. The average molecular weight is 291 g/mol. The van der Waals surface area contributed by atoms with E-state index in [1.165, 1.54) is 4.90 Å². The van der Waals surface area contributed by atoms with Crippen molar-refractivity contribution in [3.8, 4) is 0 Å². The molecule has 0 spiro atoms. The highest BCUT2D eigenvalue weighted by Crippen LogP contribution is 2.32. The van der Waals surface area contributed by atoms with Crippen molar-refractivity contribution in [2.75, 3.05) is 13.2 Å². The SMILES string of the molecule is O=C(c1ccc(F)c(C(F)(F)F)c1)N1CCC[C@@H]1CO. The van der Waals surface area contributed by atoms with Crippen molar-refractivity contribution in [2.24, 2.45) is 0 Å². The number of carbonyl (C=O) groups excluding carboxylic acids is 1. The summed E-state index contributed by atoms with van der Waals surface area (Å²) in [5.74, 6) is -2.03. The minimum Gasteiger partial charge on any atom is -0.394 e. The van der Waals surface area contributed by atoms with E-state index in [1.54, 1.807) is 0 Å². The molecule has 0 saturated carbocycles. The standard InChI is InChI=1S/C13H13F4NO2/c14-11-4-3-8(6-10(11)13(15,16)17)12(20)18-5-1-2-9(18)7-19/h3-4,6,9,19H,1-2,5,7H2/t9-/m1/s1. The Bertz CT molecular complexity index is 516. The molecule has 2 rings (SSSR count). The summed E-state index contributed by atoms with van der Waals surface area (Å²) >= 11 is 0. The number of hydrogen-bond acceptors (Lipinski definition) is 2. The fourth-order valence-electron chi connectivity index (χ4n) is 2.33. The quantitative estimate of drug-likeness (QED) is 0.850. The van der Waals surface area contributed by atoms with Crippen LogP contribution in [-0.4, -0.2) is 35.1 Å². The smallest absolute Gasteiger partial charge is 0.394 e. The van der Waals surface area contributed by atoms with Crippen molar-refractivity contribution in [1.82, 2.24) is 4.90 Å². The van der Waals surface area contributed by atoms with E-state index >= 15 is 0 Å². The van der Waals surface area contributed by atoms with Crippen LogP contribution in [0.3, 0.4) is 0 Å². The number of likely N-dealkylation sites (tertiary alicyclic amines) is 1. The van der Waals surface area contributed by atoms with Gasteiger partial charge in [0.05, 0.1) is 18.2 Å². The Morgan fingerprint density at radius 3 is 2.70 bits per heavy atom. The van der Waals surface area contributed by atoms with Gasteiger partial charge in [0.25, 0.3) is 5.91 Å². The van der Waals surface area contributed by atoms with E-state index < -0.39 is 23.5 Å². The number of hydrogen-bond donors (Lipinski definition) is 1. The molecule has 1 saturated heterocycles. The minimum absolute atomic E-state index is 0.223. The van der Waals surface area contributed by atoms with Crippen molar-refractivity contribution in [2.45, 2.75) is 25.1 Å². The molecule has 1 aliphatic rings. The van der Waals surface area contributed by atoms with E-state index in [4.69, 9.17) is 5.11 Å². The third kappa shape index (κ3) is 2.77.